The number of carbonyl (C=O) groups is 3. The maximum atomic E-state index is 12.8. The maximum Gasteiger partial charge on any atom is 0.410 e. The lowest BCUT2D eigenvalue weighted by atomic mass is 10.1. The van der Waals surface area contributed by atoms with Gasteiger partial charge >= 0.3 is 18.3 Å². The second-order valence-electron chi connectivity index (χ2n) is 12.8. The topological polar surface area (TPSA) is 97.4 Å². The first-order valence-corrected chi connectivity index (χ1v) is 14.4. The number of nitrogens with one attached hydrogen (secondary N) is 1. The molecule has 3 amide bonds. The molecule has 0 heterocycles. The molecule has 0 radical (unpaired) electrons. The number of alkyl carbamates (subject to hydrolysis) is 1. The molecule has 9 nitrogen and oxygen atoms in total. The van der Waals surface area contributed by atoms with Crippen LogP contribution in [0.1, 0.15) is 121 Å². The van der Waals surface area contributed by atoms with Crippen LogP contribution in [0.5, 0.6) is 0 Å². The quantitative estimate of drug-likeness (QED) is 0.174. The molecular formula is C29H57N3O6. The Hall–Kier alpha value is -2.19. The Morgan fingerprint density at radius 3 is 1.32 bits per heavy atom. The second kappa shape index (κ2) is 17.4. The van der Waals surface area contributed by atoms with E-state index in [4.69, 9.17) is 14.2 Å². The zero-order valence-electron chi connectivity index (χ0n) is 26.0. The van der Waals surface area contributed by atoms with Crippen molar-refractivity contribution in [2.24, 2.45) is 0 Å². The summed E-state index contributed by atoms with van der Waals surface area (Å²) < 4.78 is 16.5. The Balaban J connectivity index is 4.90. The molecule has 1 N–H and O–H groups in total. The van der Waals surface area contributed by atoms with Gasteiger partial charge in [0.15, 0.2) is 0 Å². The Labute approximate surface area is 232 Å². The number of unbranched alkanes of at least 4 members (excludes halogenated alkanes) is 5. The third-order valence-electron chi connectivity index (χ3n) is 5.21. The Morgan fingerprint density at radius 2 is 0.921 bits per heavy atom. The fraction of sp³-hybridized carbons (Fsp3) is 0.897. The molecule has 224 valence electrons. The van der Waals surface area contributed by atoms with E-state index in [9.17, 15) is 14.4 Å². The number of ether oxygens (including phenoxy) is 3. The van der Waals surface area contributed by atoms with Gasteiger partial charge in [0.25, 0.3) is 0 Å². The van der Waals surface area contributed by atoms with Crippen molar-refractivity contribution in [3.63, 3.8) is 0 Å². The van der Waals surface area contributed by atoms with Crippen molar-refractivity contribution in [2.45, 2.75) is 137 Å². The lowest BCUT2D eigenvalue weighted by Crippen LogP contribution is -2.40. The van der Waals surface area contributed by atoms with Gasteiger partial charge in [-0.05, 0) is 88.0 Å². The molecule has 0 spiro atoms. The Bertz CT molecular complexity index is 692. The molecule has 0 fully saturated rings. The van der Waals surface area contributed by atoms with Gasteiger partial charge in [0.1, 0.15) is 16.8 Å². The number of hydrogen-bond donors (Lipinski definition) is 1. The van der Waals surface area contributed by atoms with E-state index in [0.717, 1.165) is 19.3 Å². The molecule has 0 saturated carbocycles. The predicted molar refractivity (Wildman–Crippen MR) is 152 cm³/mol. The van der Waals surface area contributed by atoms with Crippen LogP contribution in [0.4, 0.5) is 14.4 Å². The third-order valence-corrected chi connectivity index (χ3v) is 5.21. The van der Waals surface area contributed by atoms with Crippen LogP contribution >= 0.6 is 0 Å². The molecule has 0 aromatic heterocycles. The summed E-state index contributed by atoms with van der Waals surface area (Å²) in [5.74, 6) is 0. The van der Waals surface area contributed by atoms with Gasteiger partial charge in [0.2, 0.25) is 0 Å². The van der Waals surface area contributed by atoms with E-state index in [1.165, 1.54) is 19.3 Å². The maximum absolute atomic E-state index is 12.8. The van der Waals surface area contributed by atoms with Crippen LogP contribution in [0.3, 0.4) is 0 Å². The van der Waals surface area contributed by atoms with E-state index in [-0.39, 0.29) is 12.2 Å². The molecule has 0 atom stereocenters. The summed E-state index contributed by atoms with van der Waals surface area (Å²) in [5, 5.41) is 2.73. The molecule has 0 aliphatic carbocycles. The van der Waals surface area contributed by atoms with Crippen molar-refractivity contribution in [3.05, 3.63) is 0 Å². The zero-order valence-corrected chi connectivity index (χ0v) is 26.0. The molecule has 0 aromatic carbocycles. The van der Waals surface area contributed by atoms with E-state index >= 15 is 0 Å². The van der Waals surface area contributed by atoms with Crippen molar-refractivity contribution < 1.29 is 28.6 Å². The average molecular weight is 544 g/mol. The molecule has 0 aliphatic rings. The second-order valence-corrected chi connectivity index (χ2v) is 12.8. The number of carbonyl (C=O) groups excluding carboxylic acids is 3. The number of hydrogen-bond acceptors (Lipinski definition) is 6. The largest absolute Gasteiger partial charge is 0.444 e. The van der Waals surface area contributed by atoms with Crippen LogP contribution in [-0.2, 0) is 14.2 Å². The van der Waals surface area contributed by atoms with Gasteiger partial charge < -0.3 is 29.3 Å². The SMILES string of the molecule is CCCCCCCN(CCCCN(CCCNC(=O)OC(C)(C)C)C(=O)OC(C)(C)C)C(=O)OC(C)(C)C. The zero-order chi connectivity index (χ0) is 29.4. The van der Waals surface area contributed by atoms with Crippen molar-refractivity contribution in [1.82, 2.24) is 15.1 Å². The monoisotopic (exact) mass is 543 g/mol. The minimum Gasteiger partial charge on any atom is -0.444 e. The van der Waals surface area contributed by atoms with Gasteiger partial charge in [-0.15, -0.1) is 0 Å². The lowest BCUT2D eigenvalue weighted by molar-refractivity contribution is 0.0206. The Morgan fingerprint density at radius 1 is 0.553 bits per heavy atom. The highest BCUT2D eigenvalue weighted by atomic mass is 16.6. The summed E-state index contributed by atoms with van der Waals surface area (Å²) in [5.41, 5.74) is -1.71. The van der Waals surface area contributed by atoms with Gasteiger partial charge in [0, 0.05) is 32.7 Å². The summed E-state index contributed by atoms with van der Waals surface area (Å²) in [4.78, 5) is 40.9. The summed E-state index contributed by atoms with van der Waals surface area (Å²) >= 11 is 0. The number of nitrogens with zero attached hydrogens (tertiary/aromatic N) is 2. The van der Waals surface area contributed by atoms with Crippen LogP contribution in [0, 0.1) is 0 Å². The first kappa shape index (κ1) is 35.8. The van der Waals surface area contributed by atoms with Crippen LogP contribution in [-0.4, -0.2) is 77.6 Å². The smallest absolute Gasteiger partial charge is 0.410 e. The van der Waals surface area contributed by atoms with Gasteiger partial charge in [-0.1, -0.05) is 32.6 Å². The van der Waals surface area contributed by atoms with Gasteiger partial charge in [-0.3, -0.25) is 0 Å². The van der Waals surface area contributed by atoms with E-state index in [1.54, 1.807) is 9.80 Å². The van der Waals surface area contributed by atoms with E-state index in [1.807, 2.05) is 62.3 Å². The standard InChI is InChI=1S/C29H57N3O6/c1-11-12-13-14-15-20-31(25(34)37-28(5,6)7)21-16-17-22-32(26(35)38-29(8,9)10)23-18-19-30-24(33)36-27(2,3)4/h11-23H2,1-10H3,(H,30,33). The average Bonchev–Trinajstić information content (AvgIpc) is 2.72. The number of rotatable bonds is 15. The minimum atomic E-state index is -0.602. The third kappa shape index (κ3) is 20.8. The molecule has 0 rings (SSSR count). The molecule has 0 bridgehead atoms. The molecular weight excluding hydrogens is 486 g/mol. The van der Waals surface area contributed by atoms with Crippen LogP contribution < -0.4 is 5.32 Å². The highest BCUT2D eigenvalue weighted by Crippen LogP contribution is 2.14. The van der Waals surface area contributed by atoms with E-state index in [2.05, 4.69) is 12.2 Å². The highest BCUT2D eigenvalue weighted by molar-refractivity contribution is 5.69. The van der Waals surface area contributed by atoms with E-state index < -0.39 is 22.9 Å². The molecule has 0 aliphatic heterocycles. The summed E-state index contributed by atoms with van der Waals surface area (Å²) in [6, 6.07) is 0. The molecule has 0 unspecified atom stereocenters. The van der Waals surface area contributed by atoms with Crippen molar-refractivity contribution in [1.29, 1.82) is 0 Å². The van der Waals surface area contributed by atoms with Gasteiger partial charge in [-0.25, -0.2) is 14.4 Å². The van der Waals surface area contributed by atoms with Crippen LogP contribution in [0.2, 0.25) is 0 Å². The van der Waals surface area contributed by atoms with E-state index in [0.29, 0.717) is 45.6 Å². The molecule has 9 heteroatoms. The normalized spacial score (nSPS) is 12.1. The van der Waals surface area contributed by atoms with Crippen molar-refractivity contribution >= 4 is 18.3 Å². The fourth-order valence-electron chi connectivity index (χ4n) is 3.53. The van der Waals surface area contributed by atoms with Crippen molar-refractivity contribution in [2.75, 3.05) is 32.7 Å². The summed E-state index contributed by atoms with van der Waals surface area (Å²) in [7, 11) is 0. The summed E-state index contributed by atoms with van der Waals surface area (Å²) in [6.45, 7) is 21.3. The lowest BCUT2D eigenvalue weighted by Gasteiger charge is -2.29. The van der Waals surface area contributed by atoms with Crippen LogP contribution in [0.15, 0.2) is 0 Å². The Kier molecular flexibility index (Phi) is 16.4. The minimum absolute atomic E-state index is 0.287. The predicted octanol–water partition coefficient (Wildman–Crippen LogP) is 7.13. The van der Waals surface area contributed by atoms with Gasteiger partial charge in [0.05, 0.1) is 0 Å². The first-order valence-electron chi connectivity index (χ1n) is 14.4. The van der Waals surface area contributed by atoms with Crippen molar-refractivity contribution in [3.8, 4) is 0 Å². The molecule has 0 aromatic rings. The van der Waals surface area contributed by atoms with Gasteiger partial charge in [-0.2, -0.15) is 0 Å². The molecule has 38 heavy (non-hydrogen) atoms. The van der Waals surface area contributed by atoms with Crippen LogP contribution in [0.25, 0.3) is 0 Å². The highest BCUT2D eigenvalue weighted by Gasteiger charge is 2.24. The fourth-order valence-corrected chi connectivity index (χ4v) is 3.53. The summed E-state index contributed by atoms with van der Waals surface area (Å²) in [6.07, 6.45) is 6.49. The first-order chi connectivity index (χ1) is 17.4. The molecule has 0 saturated heterocycles. The number of amides is 3.